The summed E-state index contributed by atoms with van der Waals surface area (Å²) < 4.78 is 1.15. The molecule has 2 N–H and O–H groups in total. The summed E-state index contributed by atoms with van der Waals surface area (Å²) in [6.45, 7) is 2.88. The molecular weight excluding hydrogens is 288 g/mol. The van der Waals surface area contributed by atoms with Crippen LogP contribution in [0.5, 0.6) is 0 Å². The highest BCUT2D eigenvalue weighted by Crippen LogP contribution is 2.22. The van der Waals surface area contributed by atoms with Crippen molar-refractivity contribution in [1.82, 2.24) is 10.6 Å². The second-order valence-electron chi connectivity index (χ2n) is 4.18. The monoisotopic (exact) mass is 302 g/mol. The Labute approximate surface area is 108 Å². The predicted molar refractivity (Wildman–Crippen MR) is 69.5 cm³/mol. The summed E-state index contributed by atoms with van der Waals surface area (Å²) in [6.07, 6.45) is 1.60. The van der Waals surface area contributed by atoms with E-state index in [0.717, 1.165) is 17.4 Å². The van der Waals surface area contributed by atoms with Crippen LogP contribution in [0.2, 0.25) is 0 Å². The third-order valence-electron chi connectivity index (χ3n) is 2.72. The molecule has 1 aromatic heterocycles. The molecule has 88 valence electrons. The number of halogens is 1. The van der Waals surface area contributed by atoms with Crippen molar-refractivity contribution >= 4 is 33.2 Å². The van der Waals surface area contributed by atoms with Gasteiger partial charge in [0, 0.05) is 34.4 Å². The van der Waals surface area contributed by atoms with Gasteiger partial charge in [-0.15, -0.1) is 11.3 Å². The summed E-state index contributed by atoms with van der Waals surface area (Å²) in [6, 6.07) is 2.64. The van der Waals surface area contributed by atoms with E-state index >= 15 is 0 Å². The molecule has 16 heavy (non-hydrogen) atoms. The van der Waals surface area contributed by atoms with Gasteiger partial charge in [0.25, 0.3) is 0 Å². The molecule has 2 atom stereocenters. The van der Waals surface area contributed by atoms with Gasteiger partial charge in [-0.25, -0.2) is 0 Å². The third-order valence-corrected chi connectivity index (χ3v) is 4.65. The van der Waals surface area contributed by atoms with E-state index in [-0.39, 0.29) is 11.9 Å². The molecule has 0 radical (unpaired) electrons. The van der Waals surface area contributed by atoms with Crippen molar-refractivity contribution in [3.63, 3.8) is 0 Å². The highest BCUT2D eigenvalue weighted by molar-refractivity contribution is 9.10. The number of carbonyl (C=O) groups excluding carboxylic acids is 1. The zero-order valence-corrected chi connectivity index (χ0v) is 11.5. The first-order valence-electron chi connectivity index (χ1n) is 5.40. The molecule has 0 saturated carbocycles. The lowest BCUT2D eigenvalue weighted by molar-refractivity contribution is -0.123. The maximum atomic E-state index is 11.4. The fourth-order valence-electron chi connectivity index (χ4n) is 1.97. The molecule has 2 rings (SSSR count). The van der Waals surface area contributed by atoms with Gasteiger partial charge in [0.2, 0.25) is 5.91 Å². The molecule has 1 aliphatic heterocycles. The van der Waals surface area contributed by atoms with Gasteiger partial charge >= 0.3 is 0 Å². The summed E-state index contributed by atoms with van der Waals surface area (Å²) in [7, 11) is 0. The maximum absolute atomic E-state index is 11.4. The van der Waals surface area contributed by atoms with Crippen LogP contribution >= 0.6 is 27.3 Å². The number of rotatable bonds is 3. The van der Waals surface area contributed by atoms with Crippen LogP contribution in [0.4, 0.5) is 0 Å². The largest absolute Gasteiger partial charge is 0.354 e. The lowest BCUT2D eigenvalue weighted by Crippen LogP contribution is -2.47. The number of hydrogen-bond donors (Lipinski definition) is 2. The lowest BCUT2D eigenvalue weighted by atomic mass is 10.00. The van der Waals surface area contributed by atoms with Gasteiger partial charge in [-0.05, 0) is 40.7 Å². The van der Waals surface area contributed by atoms with Gasteiger partial charge in [0.1, 0.15) is 0 Å². The Balaban J connectivity index is 1.86. The summed E-state index contributed by atoms with van der Waals surface area (Å²) >= 11 is 5.24. The van der Waals surface area contributed by atoms with E-state index in [1.54, 1.807) is 11.3 Å². The molecule has 2 unspecified atom stereocenters. The van der Waals surface area contributed by atoms with Crippen molar-refractivity contribution < 1.29 is 4.79 Å². The molecule has 0 aromatic carbocycles. The van der Waals surface area contributed by atoms with Crippen molar-refractivity contribution in [1.29, 1.82) is 0 Å². The van der Waals surface area contributed by atoms with Crippen molar-refractivity contribution in [2.75, 3.05) is 0 Å². The molecule has 0 bridgehead atoms. The molecule has 0 spiro atoms. The molecule has 1 aromatic rings. The second-order valence-corrected chi connectivity index (χ2v) is 6.03. The number of thiophene rings is 1. The van der Waals surface area contributed by atoms with Crippen LogP contribution in [0.3, 0.4) is 0 Å². The molecular formula is C11H15BrN2OS. The van der Waals surface area contributed by atoms with Crippen LogP contribution in [0, 0.1) is 0 Å². The van der Waals surface area contributed by atoms with Crippen molar-refractivity contribution in [2.45, 2.75) is 38.4 Å². The maximum Gasteiger partial charge on any atom is 0.221 e. The molecule has 0 aliphatic carbocycles. The number of nitrogens with one attached hydrogen (secondary N) is 2. The minimum atomic E-state index is 0.154. The van der Waals surface area contributed by atoms with E-state index < -0.39 is 0 Å². The quantitative estimate of drug-likeness (QED) is 0.899. The minimum Gasteiger partial charge on any atom is -0.354 e. The van der Waals surface area contributed by atoms with Gasteiger partial charge in [0.15, 0.2) is 0 Å². The Kier molecular flexibility index (Phi) is 4.00. The Morgan fingerprint density at radius 3 is 3.12 bits per heavy atom. The van der Waals surface area contributed by atoms with E-state index in [1.165, 1.54) is 4.88 Å². The van der Waals surface area contributed by atoms with E-state index in [4.69, 9.17) is 0 Å². The number of hydrogen-bond acceptors (Lipinski definition) is 3. The van der Waals surface area contributed by atoms with E-state index in [9.17, 15) is 4.79 Å². The van der Waals surface area contributed by atoms with Crippen LogP contribution in [0.1, 0.15) is 24.6 Å². The van der Waals surface area contributed by atoms with Crippen molar-refractivity contribution in [2.24, 2.45) is 0 Å². The van der Waals surface area contributed by atoms with Gasteiger partial charge in [-0.2, -0.15) is 0 Å². The van der Waals surface area contributed by atoms with E-state index in [2.05, 4.69) is 38.0 Å². The van der Waals surface area contributed by atoms with Gasteiger partial charge in [0.05, 0.1) is 0 Å². The van der Waals surface area contributed by atoms with Crippen LogP contribution in [-0.2, 0) is 11.3 Å². The second kappa shape index (κ2) is 5.29. The molecule has 1 saturated heterocycles. The first-order valence-corrected chi connectivity index (χ1v) is 7.07. The normalized spacial score (nSPS) is 25.5. The molecule has 1 fully saturated rings. The fraction of sp³-hybridized carbons (Fsp3) is 0.545. The molecule has 5 heteroatoms. The van der Waals surface area contributed by atoms with E-state index in [1.807, 2.05) is 6.92 Å². The molecule has 2 heterocycles. The Bertz CT molecular complexity index is 380. The van der Waals surface area contributed by atoms with Gasteiger partial charge in [-0.3, -0.25) is 4.79 Å². The first-order chi connectivity index (χ1) is 7.65. The molecule has 3 nitrogen and oxygen atoms in total. The van der Waals surface area contributed by atoms with E-state index in [0.29, 0.717) is 12.5 Å². The number of carbonyl (C=O) groups is 1. The predicted octanol–water partition coefficient (Wildman–Crippen LogP) is 2.27. The lowest BCUT2D eigenvalue weighted by Gasteiger charge is -2.28. The van der Waals surface area contributed by atoms with Crippen molar-refractivity contribution in [3.05, 3.63) is 20.8 Å². The van der Waals surface area contributed by atoms with Crippen LogP contribution in [0.15, 0.2) is 15.9 Å². The smallest absolute Gasteiger partial charge is 0.221 e. The Hall–Kier alpha value is -0.390. The molecule has 1 aliphatic rings. The highest BCUT2D eigenvalue weighted by Gasteiger charge is 2.23. The van der Waals surface area contributed by atoms with Crippen molar-refractivity contribution in [3.8, 4) is 0 Å². The third kappa shape index (κ3) is 3.06. The zero-order valence-electron chi connectivity index (χ0n) is 9.13. The standard InChI is InChI=1S/C11H15BrN2OS/c1-7-4-8(5-11(15)14-7)13-6-10-9(12)2-3-16-10/h2-3,7-8,13H,4-6H2,1H3,(H,14,15). The van der Waals surface area contributed by atoms with Crippen LogP contribution in [-0.4, -0.2) is 18.0 Å². The average molecular weight is 303 g/mol. The summed E-state index contributed by atoms with van der Waals surface area (Å²) in [5.41, 5.74) is 0. The zero-order chi connectivity index (χ0) is 11.5. The SMILES string of the molecule is CC1CC(NCc2sccc2Br)CC(=O)N1. The number of piperidine rings is 1. The number of amides is 1. The van der Waals surface area contributed by atoms with Gasteiger partial charge in [-0.1, -0.05) is 0 Å². The summed E-state index contributed by atoms with van der Waals surface area (Å²) in [5.74, 6) is 0.154. The summed E-state index contributed by atoms with van der Waals surface area (Å²) in [5, 5.41) is 8.44. The van der Waals surface area contributed by atoms with Crippen LogP contribution < -0.4 is 10.6 Å². The topological polar surface area (TPSA) is 41.1 Å². The highest BCUT2D eigenvalue weighted by atomic mass is 79.9. The summed E-state index contributed by atoms with van der Waals surface area (Å²) in [4.78, 5) is 12.6. The average Bonchev–Trinajstić information content (AvgIpc) is 2.59. The Morgan fingerprint density at radius 1 is 1.69 bits per heavy atom. The Morgan fingerprint density at radius 2 is 2.50 bits per heavy atom. The van der Waals surface area contributed by atoms with Gasteiger partial charge < -0.3 is 10.6 Å². The minimum absolute atomic E-state index is 0.154. The first kappa shape index (κ1) is 12.1. The molecule has 1 amide bonds. The fourth-order valence-corrected chi connectivity index (χ4v) is 3.41. The van der Waals surface area contributed by atoms with Crippen LogP contribution in [0.25, 0.3) is 0 Å².